The number of aryl methyl sites for hydroxylation is 1. The van der Waals surface area contributed by atoms with Crippen molar-refractivity contribution in [2.75, 3.05) is 0 Å². The normalized spacial score (nSPS) is 11.2. The molecule has 0 saturated carbocycles. The standard InChI is InChI=1S/C18H12ClN3O2/c1-10-3-2-4-13(7-10)22-15-9-12(19)6-5-11(15)8-14-16(22)20-18(24)21-17(14)23/h2-9H,1H3,(H,21,23,24). The first-order chi connectivity index (χ1) is 11.5. The number of hydrogen-bond donors (Lipinski definition) is 1. The van der Waals surface area contributed by atoms with Crippen LogP contribution in [0, 0.1) is 6.92 Å². The number of pyridine rings is 1. The van der Waals surface area contributed by atoms with E-state index in [0.717, 1.165) is 22.2 Å². The van der Waals surface area contributed by atoms with Crippen molar-refractivity contribution in [2.45, 2.75) is 6.92 Å². The Morgan fingerprint density at radius 3 is 2.71 bits per heavy atom. The zero-order valence-corrected chi connectivity index (χ0v) is 13.5. The van der Waals surface area contributed by atoms with Crippen LogP contribution in [0.3, 0.4) is 0 Å². The molecule has 4 rings (SSSR count). The molecule has 0 saturated heterocycles. The third kappa shape index (κ3) is 2.30. The molecule has 0 unspecified atom stereocenters. The summed E-state index contributed by atoms with van der Waals surface area (Å²) in [6.45, 7) is 1.98. The van der Waals surface area contributed by atoms with Gasteiger partial charge in [-0.15, -0.1) is 0 Å². The predicted octanol–water partition coefficient (Wildman–Crippen LogP) is 3.14. The molecule has 2 aromatic rings. The van der Waals surface area contributed by atoms with Crippen LogP contribution >= 0.6 is 11.6 Å². The Morgan fingerprint density at radius 2 is 1.92 bits per heavy atom. The van der Waals surface area contributed by atoms with Gasteiger partial charge in [0.1, 0.15) is 0 Å². The minimum atomic E-state index is -0.671. The second kappa shape index (κ2) is 5.32. The van der Waals surface area contributed by atoms with Crippen molar-refractivity contribution in [1.82, 2.24) is 14.5 Å². The third-order valence-electron chi connectivity index (χ3n) is 3.92. The van der Waals surface area contributed by atoms with E-state index in [9.17, 15) is 9.59 Å². The van der Waals surface area contributed by atoms with Crippen molar-refractivity contribution in [3.05, 3.63) is 80.0 Å². The number of nitrogens with one attached hydrogen (secondary N) is 1. The number of nitrogens with zero attached hydrogens (tertiary/aromatic N) is 2. The summed E-state index contributed by atoms with van der Waals surface area (Å²) in [4.78, 5) is 30.2. The Kier molecular flexibility index (Phi) is 3.25. The smallest absolute Gasteiger partial charge is 0.294 e. The van der Waals surface area contributed by atoms with Crippen molar-refractivity contribution >= 4 is 22.5 Å². The van der Waals surface area contributed by atoms with Crippen LogP contribution < -0.4 is 11.2 Å². The van der Waals surface area contributed by atoms with E-state index < -0.39 is 11.2 Å². The zero-order chi connectivity index (χ0) is 16.8. The highest BCUT2D eigenvalue weighted by Gasteiger charge is 2.18. The Morgan fingerprint density at radius 1 is 1.08 bits per heavy atom. The van der Waals surface area contributed by atoms with Crippen LogP contribution in [0.25, 0.3) is 28.0 Å². The zero-order valence-electron chi connectivity index (χ0n) is 12.7. The molecule has 24 heavy (non-hydrogen) atoms. The van der Waals surface area contributed by atoms with Crippen molar-refractivity contribution in [1.29, 1.82) is 0 Å². The molecule has 0 bridgehead atoms. The summed E-state index contributed by atoms with van der Waals surface area (Å²) >= 11 is 6.16. The van der Waals surface area contributed by atoms with Gasteiger partial charge in [-0.25, -0.2) is 4.79 Å². The second-order valence-corrected chi connectivity index (χ2v) is 6.07. The topological polar surface area (TPSA) is 67.8 Å². The van der Waals surface area contributed by atoms with Crippen LogP contribution in [0.5, 0.6) is 0 Å². The first kappa shape index (κ1) is 14.7. The van der Waals surface area contributed by atoms with E-state index in [1.54, 1.807) is 22.8 Å². The number of halogens is 1. The molecule has 0 fully saturated rings. The number of aromatic amines is 1. The SMILES string of the molecule is Cc1cccc(-n2c3nc(=O)[nH]c(=O)c-3cc3ccc(Cl)cc32)c1. The largest absolute Gasteiger partial charge is 0.349 e. The van der Waals surface area contributed by atoms with Crippen molar-refractivity contribution < 1.29 is 0 Å². The highest BCUT2D eigenvalue weighted by molar-refractivity contribution is 6.31. The summed E-state index contributed by atoms with van der Waals surface area (Å²) in [6, 6.07) is 14.9. The van der Waals surface area contributed by atoms with Crippen LogP contribution in [0.4, 0.5) is 0 Å². The maximum absolute atomic E-state index is 12.2. The van der Waals surface area contributed by atoms with Crippen LogP contribution in [-0.2, 0) is 0 Å². The first-order valence-electron chi connectivity index (χ1n) is 7.35. The lowest BCUT2D eigenvalue weighted by Gasteiger charge is -2.18. The van der Waals surface area contributed by atoms with E-state index in [4.69, 9.17) is 11.6 Å². The minimum absolute atomic E-state index is 0.309. The van der Waals surface area contributed by atoms with Crippen LogP contribution in [0.15, 0.2) is 58.1 Å². The molecule has 2 heterocycles. The van der Waals surface area contributed by atoms with E-state index in [0.29, 0.717) is 16.4 Å². The van der Waals surface area contributed by atoms with Gasteiger partial charge in [0.25, 0.3) is 5.56 Å². The second-order valence-electron chi connectivity index (χ2n) is 5.63. The average molecular weight is 338 g/mol. The molecule has 0 aliphatic carbocycles. The molecular formula is C18H12ClN3O2. The first-order valence-corrected chi connectivity index (χ1v) is 7.73. The lowest BCUT2D eigenvalue weighted by Crippen LogP contribution is -2.27. The van der Waals surface area contributed by atoms with Crippen LogP contribution in [0.2, 0.25) is 5.02 Å². The van der Waals surface area contributed by atoms with E-state index in [2.05, 4.69) is 9.97 Å². The van der Waals surface area contributed by atoms with Gasteiger partial charge in [-0.2, -0.15) is 4.98 Å². The summed E-state index contributed by atoms with van der Waals surface area (Å²) in [5.74, 6) is 0.309. The van der Waals surface area contributed by atoms with Crippen LogP contribution in [-0.4, -0.2) is 14.5 Å². The van der Waals surface area contributed by atoms with E-state index >= 15 is 0 Å². The molecule has 0 aromatic heterocycles. The number of hydrogen-bond acceptors (Lipinski definition) is 3. The lowest BCUT2D eigenvalue weighted by molar-refractivity contribution is 0.959. The van der Waals surface area contributed by atoms with Crippen molar-refractivity contribution in [3.8, 4) is 17.1 Å². The monoisotopic (exact) mass is 337 g/mol. The number of fused-ring (bicyclic) bond motifs is 2. The fourth-order valence-corrected chi connectivity index (χ4v) is 3.05. The average Bonchev–Trinajstić information content (AvgIpc) is 2.53. The molecule has 2 aromatic carbocycles. The molecule has 5 nitrogen and oxygen atoms in total. The summed E-state index contributed by atoms with van der Waals surface area (Å²) in [6.07, 6.45) is 0. The molecule has 0 radical (unpaired) electrons. The molecule has 118 valence electrons. The molecule has 2 aliphatic heterocycles. The van der Waals surface area contributed by atoms with Gasteiger partial charge in [-0.3, -0.25) is 14.3 Å². The minimum Gasteiger partial charge on any atom is -0.294 e. The molecule has 0 atom stereocenters. The Bertz CT molecular complexity index is 1180. The fraction of sp³-hybridized carbons (Fsp3) is 0.0556. The quantitative estimate of drug-likeness (QED) is 0.542. The predicted molar refractivity (Wildman–Crippen MR) is 94.3 cm³/mol. The van der Waals surface area contributed by atoms with Crippen molar-refractivity contribution in [3.63, 3.8) is 0 Å². The molecule has 0 spiro atoms. The molecule has 2 aliphatic rings. The van der Waals surface area contributed by atoms with E-state index in [-0.39, 0.29) is 0 Å². The van der Waals surface area contributed by atoms with E-state index in [1.807, 2.05) is 37.3 Å². The number of rotatable bonds is 1. The van der Waals surface area contributed by atoms with Gasteiger partial charge in [0.15, 0.2) is 5.82 Å². The van der Waals surface area contributed by atoms with Crippen molar-refractivity contribution in [2.24, 2.45) is 0 Å². The fourth-order valence-electron chi connectivity index (χ4n) is 2.88. The van der Waals surface area contributed by atoms with Gasteiger partial charge >= 0.3 is 5.69 Å². The molecule has 6 heteroatoms. The molecular weight excluding hydrogens is 326 g/mol. The maximum atomic E-state index is 12.2. The molecule has 1 N–H and O–H groups in total. The summed E-state index contributed by atoms with van der Waals surface area (Å²) in [5.41, 5.74) is 1.87. The van der Waals surface area contributed by atoms with Crippen LogP contribution in [0.1, 0.15) is 5.56 Å². The highest BCUT2D eigenvalue weighted by atomic mass is 35.5. The lowest BCUT2D eigenvalue weighted by atomic mass is 10.1. The van der Waals surface area contributed by atoms with Gasteiger partial charge in [0.05, 0.1) is 11.1 Å². The Labute approximate surface area is 141 Å². The number of H-pyrrole nitrogens is 1. The van der Waals surface area contributed by atoms with Gasteiger partial charge in [0, 0.05) is 10.7 Å². The molecule has 0 amide bonds. The van der Waals surface area contributed by atoms with Gasteiger partial charge < -0.3 is 0 Å². The van der Waals surface area contributed by atoms with E-state index in [1.165, 1.54) is 0 Å². The van der Waals surface area contributed by atoms with Gasteiger partial charge in [-0.1, -0.05) is 29.8 Å². The van der Waals surface area contributed by atoms with Gasteiger partial charge in [-0.05, 0) is 48.2 Å². The number of benzene rings is 2. The maximum Gasteiger partial charge on any atom is 0.349 e. The highest BCUT2D eigenvalue weighted by Crippen LogP contribution is 2.29. The summed E-state index contributed by atoms with van der Waals surface area (Å²) in [7, 11) is 0. The third-order valence-corrected chi connectivity index (χ3v) is 4.15. The van der Waals surface area contributed by atoms with Gasteiger partial charge in [0.2, 0.25) is 0 Å². The Hall–Kier alpha value is -2.92. The number of aromatic nitrogens is 3. The summed E-state index contributed by atoms with van der Waals surface area (Å²) < 4.78 is 1.79. The summed E-state index contributed by atoms with van der Waals surface area (Å²) in [5, 5.41) is 1.40. The Balaban J connectivity index is 2.27.